The summed E-state index contributed by atoms with van der Waals surface area (Å²) in [6, 6.07) is 69.6. The quantitative estimate of drug-likeness (QED) is 0.149. The number of benzene rings is 10. The SMILES string of the molecule is Cc1ccc(N(c2ccc3c(ccc4oc5ccc6cc(N(c7ccc([Si](C)(C)C)cc7)c7cccc8c7oc7ccccc78)ccc6c5c43)c2)c2cccc3c2oc2ccccc23)cc1. The fourth-order valence-corrected chi connectivity index (χ4v) is 11.3. The number of rotatable bonds is 7. The Morgan fingerprint density at radius 2 is 0.788 bits per heavy atom. The largest absolute Gasteiger partial charge is 0.456 e. The summed E-state index contributed by atoms with van der Waals surface area (Å²) in [4.78, 5) is 4.66. The molecule has 13 aromatic rings. The standard InChI is InChI=1S/C60H44N2O3Si/c1-37-19-23-40(24-20-37)61(51-15-9-13-49-47-11-5-7-17-53(47)64-59(49)51)42-27-31-45-38(35-42)21-33-55-57(45)58-46-32-28-43(36-39(46)22-34-56(58)63-55)62(41-25-29-44(30-26-41)66(2,3)4)52-16-10-14-50-48-12-6-8-18-54(48)65-60(50)52/h5-36H,1-4H3. The minimum atomic E-state index is -1.52. The summed E-state index contributed by atoms with van der Waals surface area (Å²) >= 11 is 0. The molecule has 0 saturated carbocycles. The fraction of sp³-hybridized carbons (Fsp3) is 0.0667. The van der Waals surface area contributed by atoms with Gasteiger partial charge in [0, 0.05) is 55.1 Å². The Morgan fingerprint density at radius 3 is 1.27 bits per heavy atom. The molecule has 0 amide bonds. The lowest BCUT2D eigenvalue weighted by Gasteiger charge is -2.27. The Kier molecular flexibility index (Phi) is 8.42. The van der Waals surface area contributed by atoms with E-state index >= 15 is 0 Å². The molecule has 0 N–H and O–H groups in total. The van der Waals surface area contributed by atoms with Crippen LogP contribution in [0.1, 0.15) is 5.56 Å². The first kappa shape index (κ1) is 38.4. The average molecular weight is 869 g/mol. The summed E-state index contributed by atoms with van der Waals surface area (Å²) in [7, 11) is -1.52. The lowest BCUT2D eigenvalue weighted by atomic mass is 9.98. The maximum absolute atomic E-state index is 6.66. The monoisotopic (exact) mass is 868 g/mol. The van der Waals surface area contributed by atoms with Gasteiger partial charge < -0.3 is 23.1 Å². The number of nitrogens with zero attached hydrogens (tertiary/aromatic N) is 2. The number of fused-ring (bicyclic) bond motifs is 13. The first-order valence-corrected chi connectivity index (χ1v) is 26.1. The first-order valence-electron chi connectivity index (χ1n) is 22.6. The van der Waals surface area contributed by atoms with Crippen LogP contribution in [0.25, 0.3) is 87.4 Å². The molecule has 5 nitrogen and oxygen atoms in total. The molecule has 3 aromatic heterocycles. The van der Waals surface area contributed by atoms with Crippen LogP contribution in [0.4, 0.5) is 34.1 Å². The molecule has 0 aliphatic heterocycles. The molecule has 3 heterocycles. The topological polar surface area (TPSA) is 45.9 Å². The molecule has 13 rings (SSSR count). The Hall–Kier alpha value is -8.06. The number of para-hydroxylation sites is 4. The molecule has 0 aliphatic rings. The highest BCUT2D eigenvalue weighted by atomic mass is 28.3. The van der Waals surface area contributed by atoms with Crippen LogP contribution in [-0.4, -0.2) is 8.07 Å². The third-order valence-corrected chi connectivity index (χ3v) is 15.5. The molecule has 66 heavy (non-hydrogen) atoms. The second-order valence-corrected chi connectivity index (χ2v) is 23.7. The summed E-state index contributed by atoms with van der Waals surface area (Å²) < 4.78 is 19.9. The van der Waals surface area contributed by atoms with Crippen molar-refractivity contribution in [3.8, 4) is 0 Å². The zero-order chi connectivity index (χ0) is 44.3. The molecule has 10 aromatic carbocycles. The number of anilines is 6. The van der Waals surface area contributed by atoms with Gasteiger partial charge >= 0.3 is 0 Å². The van der Waals surface area contributed by atoms with E-state index in [-0.39, 0.29) is 0 Å². The van der Waals surface area contributed by atoms with Crippen molar-refractivity contribution in [3.05, 3.63) is 200 Å². The highest BCUT2D eigenvalue weighted by molar-refractivity contribution is 6.88. The molecule has 316 valence electrons. The van der Waals surface area contributed by atoms with Crippen LogP contribution in [0, 0.1) is 6.92 Å². The zero-order valence-corrected chi connectivity index (χ0v) is 38.1. The van der Waals surface area contributed by atoms with Crippen LogP contribution in [0.5, 0.6) is 0 Å². The highest BCUT2D eigenvalue weighted by Crippen LogP contribution is 2.47. The van der Waals surface area contributed by atoms with Crippen LogP contribution in [-0.2, 0) is 0 Å². The molecule has 0 unspecified atom stereocenters. The predicted molar refractivity (Wildman–Crippen MR) is 280 cm³/mol. The lowest BCUT2D eigenvalue weighted by molar-refractivity contribution is 0.668. The normalized spacial score (nSPS) is 12.2. The Bertz CT molecular complexity index is 4060. The van der Waals surface area contributed by atoms with Crippen molar-refractivity contribution >= 4 is 135 Å². The number of aryl methyl sites for hydroxylation is 1. The number of furan rings is 3. The van der Waals surface area contributed by atoms with Gasteiger partial charge in [0.15, 0.2) is 11.2 Å². The third-order valence-electron chi connectivity index (χ3n) is 13.4. The van der Waals surface area contributed by atoms with Crippen molar-refractivity contribution in [2.45, 2.75) is 26.6 Å². The maximum Gasteiger partial charge on any atom is 0.159 e. The van der Waals surface area contributed by atoms with Crippen molar-refractivity contribution in [1.82, 2.24) is 0 Å². The van der Waals surface area contributed by atoms with E-state index in [1.165, 1.54) is 10.8 Å². The molecule has 0 atom stereocenters. The van der Waals surface area contributed by atoms with Crippen molar-refractivity contribution in [3.63, 3.8) is 0 Å². The van der Waals surface area contributed by atoms with Crippen molar-refractivity contribution in [2.75, 3.05) is 9.80 Å². The van der Waals surface area contributed by atoms with E-state index in [1.54, 1.807) is 0 Å². The molecule has 6 heteroatoms. The third kappa shape index (κ3) is 5.99. The smallest absolute Gasteiger partial charge is 0.159 e. The molecular weight excluding hydrogens is 825 g/mol. The van der Waals surface area contributed by atoms with Crippen molar-refractivity contribution < 1.29 is 13.3 Å². The zero-order valence-electron chi connectivity index (χ0n) is 37.1. The Morgan fingerprint density at radius 1 is 0.348 bits per heavy atom. The fourth-order valence-electron chi connectivity index (χ4n) is 10.2. The van der Waals surface area contributed by atoms with Crippen LogP contribution in [0.3, 0.4) is 0 Å². The van der Waals surface area contributed by atoms with Gasteiger partial charge in [-0.2, -0.15) is 0 Å². The molecule has 0 aliphatic carbocycles. The highest BCUT2D eigenvalue weighted by Gasteiger charge is 2.24. The minimum absolute atomic E-state index is 0.859. The maximum atomic E-state index is 6.66. The van der Waals surface area contributed by atoms with Crippen molar-refractivity contribution in [2.24, 2.45) is 0 Å². The van der Waals surface area contributed by atoms with Gasteiger partial charge in [0.1, 0.15) is 22.3 Å². The van der Waals surface area contributed by atoms with E-state index in [1.807, 2.05) is 18.2 Å². The summed E-state index contributed by atoms with van der Waals surface area (Å²) in [6.07, 6.45) is 0. The van der Waals surface area contributed by atoms with Gasteiger partial charge in [-0.1, -0.05) is 140 Å². The summed E-state index contributed by atoms with van der Waals surface area (Å²) in [6.45, 7) is 9.31. The van der Waals surface area contributed by atoms with Gasteiger partial charge in [-0.15, -0.1) is 0 Å². The summed E-state index contributed by atoms with van der Waals surface area (Å²) in [5, 5.41) is 12.6. The molecule has 0 saturated heterocycles. The number of hydrogen-bond donors (Lipinski definition) is 0. The molecule has 0 bridgehead atoms. The van der Waals surface area contributed by atoms with Gasteiger partial charge in [-0.3, -0.25) is 0 Å². The van der Waals surface area contributed by atoms with Gasteiger partial charge in [0.25, 0.3) is 0 Å². The first-order chi connectivity index (χ1) is 32.2. The van der Waals surface area contributed by atoms with Crippen LogP contribution >= 0.6 is 0 Å². The Balaban J connectivity index is 0.980. The van der Waals surface area contributed by atoms with E-state index in [0.717, 1.165) is 121 Å². The minimum Gasteiger partial charge on any atom is -0.456 e. The second-order valence-electron chi connectivity index (χ2n) is 18.6. The summed E-state index contributed by atoms with van der Waals surface area (Å²) in [5.74, 6) is 0. The van der Waals surface area contributed by atoms with E-state index in [4.69, 9.17) is 13.3 Å². The van der Waals surface area contributed by atoms with E-state index < -0.39 is 8.07 Å². The van der Waals surface area contributed by atoms with Gasteiger partial charge in [0.2, 0.25) is 0 Å². The van der Waals surface area contributed by atoms with Crippen LogP contribution < -0.4 is 15.0 Å². The van der Waals surface area contributed by atoms with Crippen LogP contribution in [0.15, 0.2) is 207 Å². The average Bonchev–Trinajstić information content (AvgIpc) is 4.05. The van der Waals surface area contributed by atoms with Crippen LogP contribution in [0.2, 0.25) is 19.6 Å². The molecule has 0 radical (unpaired) electrons. The molecule has 0 spiro atoms. The van der Waals surface area contributed by atoms with Gasteiger partial charge in [0.05, 0.1) is 19.4 Å². The van der Waals surface area contributed by atoms with E-state index in [9.17, 15) is 0 Å². The predicted octanol–water partition coefficient (Wildman–Crippen LogP) is 17.5. The van der Waals surface area contributed by atoms with Gasteiger partial charge in [-0.25, -0.2) is 0 Å². The molecule has 0 fully saturated rings. The van der Waals surface area contributed by atoms with E-state index in [0.29, 0.717) is 0 Å². The van der Waals surface area contributed by atoms with Crippen molar-refractivity contribution in [1.29, 1.82) is 0 Å². The van der Waals surface area contributed by atoms with E-state index in [2.05, 4.69) is 212 Å². The van der Waals surface area contributed by atoms with Gasteiger partial charge in [-0.05, 0) is 113 Å². The number of hydrogen-bond acceptors (Lipinski definition) is 5. The Labute approximate surface area is 382 Å². The second kappa shape index (κ2) is 14.5. The molecular formula is C60H44N2O3Si. The summed E-state index contributed by atoms with van der Waals surface area (Å²) in [5.41, 5.74) is 12.6. The lowest BCUT2D eigenvalue weighted by Crippen LogP contribution is -2.37.